The molecule has 0 saturated heterocycles. The Bertz CT molecular complexity index is 704. The fourth-order valence-corrected chi connectivity index (χ4v) is 2.11. The lowest BCUT2D eigenvalue weighted by Crippen LogP contribution is -2.30. The first-order chi connectivity index (χ1) is 11.0. The van der Waals surface area contributed by atoms with Crippen molar-refractivity contribution in [3.05, 3.63) is 65.5 Å². The van der Waals surface area contributed by atoms with Gasteiger partial charge in [-0.1, -0.05) is 30.3 Å². The number of halogens is 1. The van der Waals surface area contributed by atoms with Gasteiger partial charge in [-0.15, -0.1) is 0 Å². The van der Waals surface area contributed by atoms with Gasteiger partial charge in [-0.2, -0.15) is 0 Å². The quantitative estimate of drug-likeness (QED) is 0.791. The van der Waals surface area contributed by atoms with Crippen LogP contribution >= 0.6 is 0 Å². The van der Waals surface area contributed by atoms with Crippen molar-refractivity contribution in [2.24, 2.45) is 0 Å². The van der Waals surface area contributed by atoms with Crippen LogP contribution in [0.25, 0.3) is 0 Å². The molecule has 0 saturated carbocycles. The molecule has 1 atom stereocenters. The molecule has 0 aliphatic heterocycles. The average Bonchev–Trinajstić information content (AvgIpc) is 2.54. The highest BCUT2D eigenvalue weighted by molar-refractivity contribution is 5.97. The molecule has 0 aliphatic rings. The first kappa shape index (κ1) is 16.6. The third-order valence-corrected chi connectivity index (χ3v) is 3.23. The van der Waals surface area contributed by atoms with E-state index in [1.54, 1.807) is 24.3 Å². The Morgan fingerprint density at radius 1 is 1.17 bits per heavy atom. The molecule has 0 spiro atoms. The predicted octanol–water partition coefficient (Wildman–Crippen LogP) is 2.25. The van der Waals surface area contributed by atoms with Crippen molar-refractivity contribution in [1.82, 2.24) is 5.32 Å². The van der Waals surface area contributed by atoms with Gasteiger partial charge in [-0.25, -0.2) is 4.39 Å². The summed E-state index contributed by atoms with van der Waals surface area (Å²) in [5, 5.41) is 14.5. The SMILES string of the molecule is CC(=O)Nc1cc(C(=O)NC(CO)c2ccccc2)ccc1F. The second-order valence-corrected chi connectivity index (χ2v) is 5.00. The highest BCUT2D eigenvalue weighted by Crippen LogP contribution is 2.18. The molecule has 0 aromatic heterocycles. The summed E-state index contributed by atoms with van der Waals surface area (Å²) in [6, 6.07) is 12.1. The smallest absolute Gasteiger partial charge is 0.251 e. The van der Waals surface area contributed by atoms with Gasteiger partial charge in [0.2, 0.25) is 5.91 Å². The molecule has 6 heteroatoms. The summed E-state index contributed by atoms with van der Waals surface area (Å²) in [5.41, 5.74) is 0.877. The van der Waals surface area contributed by atoms with Gasteiger partial charge in [0, 0.05) is 12.5 Å². The molecule has 0 aliphatic carbocycles. The van der Waals surface area contributed by atoms with E-state index in [9.17, 15) is 19.1 Å². The van der Waals surface area contributed by atoms with Crippen molar-refractivity contribution in [1.29, 1.82) is 0 Å². The highest BCUT2D eigenvalue weighted by atomic mass is 19.1. The Kier molecular flexibility index (Phi) is 5.43. The fraction of sp³-hybridized carbons (Fsp3) is 0.176. The molecule has 5 nitrogen and oxygen atoms in total. The molecule has 0 bridgehead atoms. The Hall–Kier alpha value is -2.73. The van der Waals surface area contributed by atoms with E-state index < -0.39 is 23.7 Å². The Morgan fingerprint density at radius 3 is 2.48 bits per heavy atom. The number of hydrogen-bond acceptors (Lipinski definition) is 3. The molecule has 23 heavy (non-hydrogen) atoms. The summed E-state index contributed by atoms with van der Waals surface area (Å²) in [5.74, 6) is -1.53. The van der Waals surface area contributed by atoms with Crippen LogP contribution in [0.4, 0.5) is 10.1 Å². The van der Waals surface area contributed by atoms with E-state index in [1.165, 1.54) is 19.1 Å². The van der Waals surface area contributed by atoms with E-state index in [0.29, 0.717) is 0 Å². The lowest BCUT2D eigenvalue weighted by Gasteiger charge is -2.17. The summed E-state index contributed by atoms with van der Waals surface area (Å²) in [4.78, 5) is 23.3. The summed E-state index contributed by atoms with van der Waals surface area (Å²) >= 11 is 0. The number of nitrogens with one attached hydrogen (secondary N) is 2. The monoisotopic (exact) mass is 316 g/mol. The van der Waals surface area contributed by atoms with Crippen molar-refractivity contribution in [2.45, 2.75) is 13.0 Å². The number of aliphatic hydroxyl groups excluding tert-OH is 1. The molecule has 0 radical (unpaired) electrons. The van der Waals surface area contributed by atoms with E-state index in [4.69, 9.17) is 0 Å². The maximum Gasteiger partial charge on any atom is 0.251 e. The van der Waals surface area contributed by atoms with E-state index in [1.807, 2.05) is 6.07 Å². The first-order valence-corrected chi connectivity index (χ1v) is 7.05. The summed E-state index contributed by atoms with van der Waals surface area (Å²) in [6.07, 6.45) is 0. The van der Waals surface area contributed by atoms with Gasteiger partial charge in [0.15, 0.2) is 0 Å². The fourth-order valence-electron chi connectivity index (χ4n) is 2.11. The minimum Gasteiger partial charge on any atom is -0.394 e. The van der Waals surface area contributed by atoms with Crippen LogP contribution in [-0.4, -0.2) is 23.5 Å². The lowest BCUT2D eigenvalue weighted by atomic mass is 10.1. The molecule has 2 aromatic rings. The molecular weight excluding hydrogens is 299 g/mol. The molecule has 120 valence electrons. The van der Waals surface area contributed by atoms with Gasteiger partial charge in [-0.3, -0.25) is 9.59 Å². The molecule has 2 rings (SSSR count). The van der Waals surface area contributed by atoms with Crippen LogP contribution in [0.2, 0.25) is 0 Å². The summed E-state index contributed by atoms with van der Waals surface area (Å²) < 4.78 is 13.6. The van der Waals surface area contributed by atoms with E-state index in [0.717, 1.165) is 11.6 Å². The zero-order chi connectivity index (χ0) is 16.8. The van der Waals surface area contributed by atoms with Gasteiger partial charge in [0.1, 0.15) is 5.82 Å². The number of carbonyl (C=O) groups excluding carboxylic acids is 2. The molecule has 2 aromatic carbocycles. The van der Waals surface area contributed by atoms with Crippen LogP contribution in [0, 0.1) is 5.82 Å². The third-order valence-electron chi connectivity index (χ3n) is 3.23. The predicted molar refractivity (Wildman–Crippen MR) is 84.4 cm³/mol. The number of anilines is 1. The second kappa shape index (κ2) is 7.51. The minimum absolute atomic E-state index is 0.0644. The van der Waals surface area contributed by atoms with Crippen LogP contribution in [0.3, 0.4) is 0 Å². The number of aliphatic hydroxyl groups is 1. The number of rotatable bonds is 5. The van der Waals surface area contributed by atoms with E-state index in [2.05, 4.69) is 10.6 Å². The van der Waals surface area contributed by atoms with Crippen molar-refractivity contribution in [3.63, 3.8) is 0 Å². The van der Waals surface area contributed by atoms with Crippen molar-refractivity contribution in [3.8, 4) is 0 Å². The van der Waals surface area contributed by atoms with Gasteiger partial charge in [-0.05, 0) is 23.8 Å². The van der Waals surface area contributed by atoms with Crippen LogP contribution in [-0.2, 0) is 4.79 Å². The van der Waals surface area contributed by atoms with Gasteiger partial charge >= 0.3 is 0 Å². The Labute approximate surface area is 133 Å². The Balaban J connectivity index is 2.18. The largest absolute Gasteiger partial charge is 0.394 e. The molecule has 3 N–H and O–H groups in total. The molecule has 2 amide bonds. The highest BCUT2D eigenvalue weighted by Gasteiger charge is 2.16. The van der Waals surface area contributed by atoms with Crippen LogP contribution in [0.1, 0.15) is 28.9 Å². The molecule has 0 fully saturated rings. The van der Waals surface area contributed by atoms with Gasteiger partial charge in [0.05, 0.1) is 18.3 Å². The van der Waals surface area contributed by atoms with Crippen molar-refractivity contribution < 1.29 is 19.1 Å². The van der Waals surface area contributed by atoms with Crippen molar-refractivity contribution in [2.75, 3.05) is 11.9 Å². The summed E-state index contributed by atoms with van der Waals surface area (Å²) in [6.45, 7) is 0.985. The number of amides is 2. The topological polar surface area (TPSA) is 78.4 Å². The summed E-state index contributed by atoms with van der Waals surface area (Å²) in [7, 11) is 0. The van der Waals surface area contributed by atoms with Gasteiger partial charge in [0.25, 0.3) is 5.91 Å². The number of carbonyl (C=O) groups is 2. The van der Waals surface area contributed by atoms with E-state index in [-0.39, 0.29) is 17.9 Å². The normalized spacial score (nSPS) is 11.6. The third kappa shape index (κ3) is 4.37. The standard InChI is InChI=1S/C17H17FN2O3/c1-11(22)19-15-9-13(7-8-14(15)18)17(23)20-16(10-21)12-5-3-2-4-6-12/h2-9,16,21H,10H2,1H3,(H,19,22)(H,20,23). The second-order valence-electron chi connectivity index (χ2n) is 5.00. The van der Waals surface area contributed by atoms with Gasteiger partial charge < -0.3 is 15.7 Å². The molecule has 1 unspecified atom stereocenters. The number of benzene rings is 2. The van der Waals surface area contributed by atoms with Crippen LogP contribution in [0.15, 0.2) is 48.5 Å². The molecule has 0 heterocycles. The van der Waals surface area contributed by atoms with E-state index >= 15 is 0 Å². The molecular formula is C17H17FN2O3. The number of hydrogen-bond donors (Lipinski definition) is 3. The zero-order valence-electron chi connectivity index (χ0n) is 12.5. The van der Waals surface area contributed by atoms with Crippen LogP contribution in [0.5, 0.6) is 0 Å². The Morgan fingerprint density at radius 2 is 1.87 bits per heavy atom. The first-order valence-electron chi connectivity index (χ1n) is 7.05. The van der Waals surface area contributed by atoms with Crippen molar-refractivity contribution >= 4 is 17.5 Å². The maximum atomic E-state index is 13.6. The lowest BCUT2D eigenvalue weighted by molar-refractivity contribution is -0.114. The zero-order valence-corrected chi connectivity index (χ0v) is 12.5. The van der Waals surface area contributed by atoms with Crippen LogP contribution < -0.4 is 10.6 Å². The maximum absolute atomic E-state index is 13.6. The minimum atomic E-state index is -0.626. The average molecular weight is 316 g/mol.